The van der Waals surface area contributed by atoms with Gasteiger partial charge in [-0.2, -0.15) is 0 Å². The van der Waals surface area contributed by atoms with Crippen LogP contribution in [0.4, 0.5) is 5.82 Å². The summed E-state index contributed by atoms with van der Waals surface area (Å²) in [6.07, 6.45) is 1.80. The fourth-order valence-corrected chi connectivity index (χ4v) is 1.82. The second-order valence-electron chi connectivity index (χ2n) is 2.57. The van der Waals surface area contributed by atoms with Crippen molar-refractivity contribution in [3.63, 3.8) is 0 Å². The average Bonchev–Trinajstić information content (AvgIpc) is 2.07. The molecule has 0 amide bonds. The van der Waals surface area contributed by atoms with E-state index in [0.29, 0.717) is 5.82 Å². The first-order valence-corrected chi connectivity index (χ1v) is 4.65. The van der Waals surface area contributed by atoms with Crippen LogP contribution in [0.15, 0.2) is 30.5 Å². The zero-order valence-electron chi connectivity index (χ0n) is 6.29. The molecule has 12 heavy (non-hydrogen) atoms. The lowest BCUT2D eigenvalue weighted by Crippen LogP contribution is -1.89. The van der Waals surface area contributed by atoms with E-state index in [1.165, 1.54) is 8.96 Å². The first-order valence-electron chi connectivity index (χ1n) is 3.57. The SMILES string of the molecule is Nc1cc2c(I)cccc2cn1. The van der Waals surface area contributed by atoms with Crippen LogP contribution in [0.25, 0.3) is 10.8 Å². The summed E-state index contributed by atoms with van der Waals surface area (Å²) < 4.78 is 1.21. The summed E-state index contributed by atoms with van der Waals surface area (Å²) in [4.78, 5) is 4.02. The molecule has 60 valence electrons. The molecule has 2 aromatic rings. The van der Waals surface area contributed by atoms with Gasteiger partial charge in [0, 0.05) is 20.5 Å². The minimum atomic E-state index is 0.576. The Labute approximate surface area is 83.9 Å². The number of hydrogen-bond donors (Lipinski definition) is 1. The number of hydrogen-bond acceptors (Lipinski definition) is 2. The first-order chi connectivity index (χ1) is 5.77. The van der Waals surface area contributed by atoms with Gasteiger partial charge in [-0.25, -0.2) is 4.98 Å². The number of halogens is 1. The van der Waals surface area contributed by atoms with Crippen LogP contribution in [-0.4, -0.2) is 4.98 Å². The Morgan fingerprint density at radius 3 is 3.00 bits per heavy atom. The van der Waals surface area contributed by atoms with Gasteiger partial charge in [0.15, 0.2) is 0 Å². The number of nitrogens with two attached hydrogens (primary N) is 1. The molecule has 0 aliphatic heterocycles. The van der Waals surface area contributed by atoms with Crippen molar-refractivity contribution in [1.82, 2.24) is 4.98 Å². The molecule has 3 heteroatoms. The molecule has 2 rings (SSSR count). The van der Waals surface area contributed by atoms with Crippen LogP contribution < -0.4 is 5.73 Å². The van der Waals surface area contributed by atoms with E-state index in [-0.39, 0.29) is 0 Å². The van der Waals surface area contributed by atoms with E-state index in [2.05, 4.69) is 33.6 Å². The lowest BCUT2D eigenvalue weighted by molar-refractivity contribution is 1.37. The largest absolute Gasteiger partial charge is 0.384 e. The maximum atomic E-state index is 5.58. The standard InChI is InChI=1S/C9H7IN2/c10-8-3-1-2-6-5-12-9(11)4-7(6)8/h1-5H,(H2,11,12). The fourth-order valence-electron chi connectivity index (χ4n) is 1.15. The molecule has 1 heterocycles. The molecule has 0 saturated heterocycles. The van der Waals surface area contributed by atoms with Crippen molar-refractivity contribution in [2.24, 2.45) is 0 Å². The molecule has 2 nitrogen and oxygen atoms in total. The summed E-state index contributed by atoms with van der Waals surface area (Å²) in [5, 5.41) is 2.31. The number of benzene rings is 1. The Hall–Kier alpha value is -0.840. The van der Waals surface area contributed by atoms with Crippen LogP contribution in [0.1, 0.15) is 0 Å². The molecular weight excluding hydrogens is 263 g/mol. The van der Waals surface area contributed by atoms with Gasteiger partial charge >= 0.3 is 0 Å². The Balaban J connectivity index is 2.88. The summed E-state index contributed by atoms with van der Waals surface area (Å²) in [7, 11) is 0. The molecule has 1 aromatic carbocycles. The van der Waals surface area contributed by atoms with Crippen molar-refractivity contribution in [3.05, 3.63) is 34.0 Å². The van der Waals surface area contributed by atoms with E-state index in [1.807, 2.05) is 18.2 Å². The topological polar surface area (TPSA) is 38.9 Å². The van der Waals surface area contributed by atoms with E-state index < -0.39 is 0 Å². The molecule has 0 aliphatic rings. The quantitative estimate of drug-likeness (QED) is 0.747. The van der Waals surface area contributed by atoms with Crippen molar-refractivity contribution in [2.75, 3.05) is 5.73 Å². The number of rotatable bonds is 0. The van der Waals surface area contributed by atoms with Gasteiger partial charge in [0.05, 0.1) is 0 Å². The lowest BCUT2D eigenvalue weighted by Gasteiger charge is -1.99. The summed E-state index contributed by atoms with van der Waals surface area (Å²) in [5.41, 5.74) is 5.58. The van der Waals surface area contributed by atoms with E-state index in [1.54, 1.807) is 6.20 Å². The van der Waals surface area contributed by atoms with Gasteiger partial charge in [0.25, 0.3) is 0 Å². The second kappa shape index (κ2) is 2.90. The number of nitrogens with zero attached hydrogens (tertiary/aromatic N) is 1. The van der Waals surface area contributed by atoms with Crippen LogP contribution in [-0.2, 0) is 0 Å². The zero-order chi connectivity index (χ0) is 8.55. The van der Waals surface area contributed by atoms with Crippen molar-refractivity contribution >= 4 is 39.2 Å². The molecule has 2 N–H and O–H groups in total. The number of aromatic nitrogens is 1. The highest BCUT2D eigenvalue weighted by atomic mass is 127. The van der Waals surface area contributed by atoms with Crippen LogP contribution in [0.2, 0.25) is 0 Å². The van der Waals surface area contributed by atoms with Crippen LogP contribution in [0.5, 0.6) is 0 Å². The highest BCUT2D eigenvalue weighted by Gasteiger charge is 1.97. The van der Waals surface area contributed by atoms with Crippen LogP contribution in [0.3, 0.4) is 0 Å². The minimum Gasteiger partial charge on any atom is -0.384 e. The van der Waals surface area contributed by atoms with E-state index in [4.69, 9.17) is 5.73 Å². The Morgan fingerprint density at radius 1 is 1.33 bits per heavy atom. The van der Waals surface area contributed by atoms with Crippen LogP contribution >= 0.6 is 22.6 Å². The maximum Gasteiger partial charge on any atom is 0.123 e. The first kappa shape index (κ1) is 7.79. The van der Waals surface area contributed by atoms with Crippen molar-refractivity contribution in [3.8, 4) is 0 Å². The predicted molar refractivity (Wildman–Crippen MR) is 58.9 cm³/mol. The van der Waals surface area contributed by atoms with Gasteiger partial charge in [-0.15, -0.1) is 0 Å². The van der Waals surface area contributed by atoms with Gasteiger partial charge in [-0.3, -0.25) is 0 Å². The molecule has 0 aliphatic carbocycles. The molecule has 0 saturated carbocycles. The molecule has 0 radical (unpaired) electrons. The van der Waals surface area contributed by atoms with E-state index in [0.717, 1.165) is 5.39 Å². The van der Waals surface area contributed by atoms with Crippen molar-refractivity contribution in [2.45, 2.75) is 0 Å². The molecule has 0 fully saturated rings. The highest BCUT2D eigenvalue weighted by molar-refractivity contribution is 14.1. The third-order valence-corrected chi connectivity index (χ3v) is 2.67. The van der Waals surface area contributed by atoms with Crippen molar-refractivity contribution < 1.29 is 0 Å². The van der Waals surface area contributed by atoms with E-state index in [9.17, 15) is 0 Å². The normalized spacial score (nSPS) is 10.4. The Morgan fingerprint density at radius 2 is 2.17 bits per heavy atom. The average molecular weight is 270 g/mol. The van der Waals surface area contributed by atoms with Crippen molar-refractivity contribution in [1.29, 1.82) is 0 Å². The second-order valence-corrected chi connectivity index (χ2v) is 3.73. The monoisotopic (exact) mass is 270 g/mol. The Kier molecular flexibility index (Phi) is 1.88. The highest BCUT2D eigenvalue weighted by Crippen LogP contribution is 2.20. The molecule has 0 atom stereocenters. The summed E-state index contributed by atoms with van der Waals surface area (Å²) in [6, 6.07) is 8.01. The third-order valence-electron chi connectivity index (χ3n) is 1.73. The van der Waals surface area contributed by atoms with Gasteiger partial charge in [0.2, 0.25) is 0 Å². The number of nitrogen functional groups attached to an aromatic ring is 1. The maximum absolute atomic E-state index is 5.58. The van der Waals surface area contributed by atoms with Gasteiger partial charge in [-0.05, 0) is 34.7 Å². The van der Waals surface area contributed by atoms with Gasteiger partial charge < -0.3 is 5.73 Å². The smallest absolute Gasteiger partial charge is 0.123 e. The molecule has 0 bridgehead atoms. The fraction of sp³-hybridized carbons (Fsp3) is 0. The van der Waals surface area contributed by atoms with E-state index >= 15 is 0 Å². The predicted octanol–water partition coefficient (Wildman–Crippen LogP) is 2.42. The summed E-state index contributed by atoms with van der Waals surface area (Å²) >= 11 is 2.29. The van der Waals surface area contributed by atoms with Gasteiger partial charge in [-0.1, -0.05) is 12.1 Å². The zero-order valence-corrected chi connectivity index (χ0v) is 8.45. The molecule has 0 spiro atoms. The minimum absolute atomic E-state index is 0.576. The molecule has 1 aromatic heterocycles. The summed E-state index contributed by atoms with van der Waals surface area (Å²) in [6.45, 7) is 0. The summed E-state index contributed by atoms with van der Waals surface area (Å²) in [5.74, 6) is 0.576. The number of pyridine rings is 1. The third kappa shape index (κ3) is 1.24. The number of anilines is 1. The van der Waals surface area contributed by atoms with Crippen LogP contribution in [0, 0.1) is 3.57 Å². The molecular formula is C9H7IN2. The van der Waals surface area contributed by atoms with Gasteiger partial charge in [0.1, 0.15) is 5.82 Å². The molecule has 0 unspecified atom stereocenters. The Bertz CT molecular complexity index is 426. The lowest BCUT2D eigenvalue weighted by atomic mass is 10.2. The number of fused-ring (bicyclic) bond motifs is 1.